The van der Waals surface area contributed by atoms with E-state index in [1.54, 1.807) is 12.1 Å². The minimum atomic E-state index is -0.215. The van der Waals surface area contributed by atoms with Gasteiger partial charge in [0, 0.05) is 11.9 Å². The van der Waals surface area contributed by atoms with Gasteiger partial charge in [0.15, 0.2) is 4.77 Å². The van der Waals surface area contributed by atoms with Gasteiger partial charge in [-0.05, 0) is 42.8 Å². The van der Waals surface area contributed by atoms with Gasteiger partial charge in [-0.1, -0.05) is 26.0 Å². The largest absolute Gasteiger partial charge is 0.337 e. The molecule has 2 aromatic rings. The lowest BCUT2D eigenvalue weighted by Gasteiger charge is -2.19. The Morgan fingerprint density at radius 3 is 2.61 bits per heavy atom. The second kappa shape index (κ2) is 5.06. The highest BCUT2D eigenvalue weighted by Crippen LogP contribution is 2.24. The van der Waals surface area contributed by atoms with Crippen LogP contribution in [0.2, 0.25) is 0 Å². The molecule has 4 heteroatoms. The molecule has 96 valence electrons. The Hall–Kier alpha value is -1.42. The molecule has 0 saturated heterocycles. The van der Waals surface area contributed by atoms with Crippen LogP contribution in [0.25, 0.3) is 0 Å². The van der Waals surface area contributed by atoms with E-state index >= 15 is 0 Å². The lowest BCUT2D eigenvalue weighted by molar-refractivity contribution is 0.572. The normalized spacial score (nSPS) is 12.9. The zero-order valence-electron chi connectivity index (χ0n) is 10.8. The fourth-order valence-electron chi connectivity index (χ4n) is 2.15. The van der Waals surface area contributed by atoms with Crippen LogP contribution in [-0.2, 0) is 0 Å². The van der Waals surface area contributed by atoms with E-state index in [1.165, 1.54) is 6.07 Å². The quantitative estimate of drug-likeness (QED) is 0.814. The fourth-order valence-corrected chi connectivity index (χ4v) is 2.47. The highest BCUT2D eigenvalue weighted by Gasteiger charge is 2.15. The van der Waals surface area contributed by atoms with Crippen LogP contribution in [0.15, 0.2) is 30.5 Å². The number of hydrogen-bond acceptors (Lipinski definition) is 1. The van der Waals surface area contributed by atoms with Crippen molar-refractivity contribution in [1.82, 2.24) is 9.55 Å². The second-order valence-corrected chi connectivity index (χ2v) is 5.16. The molecule has 0 spiro atoms. The minimum Gasteiger partial charge on any atom is -0.337 e. The number of benzene rings is 1. The summed E-state index contributed by atoms with van der Waals surface area (Å²) in [7, 11) is 0. The lowest BCUT2D eigenvalue weighted by atomic mass is 10.1. The molecule has 18 heavy (non-hydrogen) atoms. The van der Waals surface area contributed by atoms with E-state index in [0.717, 1.165) is 11.3 Å². The molecule has 2 rings (SSSR count). The highest BCUT2D eigenvalue weighted by molar-refractivity contribution is 7.71. The van der Waals surface area contributed by atoms with E-state index in [0.29, 0.717) is 10.7 Å². The molecule has 2 nitrogen and oxygen atoms in total. The first kappa shape index (κ1) is 13.0. The molecule has 1 aromatic heterocycles. The predicted molar refractivity (Wildman–Crippen MR) is 73.9 cm³/mol. The van der Waals surface area contributed by atoms with Crippen molar-refractivity contribution in [2.45, 2.75) is 32.7 Å². The molecule has 1 unspecified atom stereocenters. The molecule has 1 heterocycles. The third-order valence-electron chi connectivity index (χ3n) is 3.15. The summed E-state index contributed by atoms with van der Waals surface area (Å²) in [6.07, 6.45) is 1.93. The number of nitrogens with zero attached hydrogens (tertiary/aromatic N) is 1. The summed E-state index contributed by atoms with van der Waals surface area (Å²) >= 11 is 5.31. The van der Waals surface area contributed by atoms with Crippen molar-refractivity contribution in [3.63, 3.8) is 0 Å². The van der Waals surface area contributed by atoms with E-state index in [4.69, 9.17) is 12.2 Å². The van der Waals surface area contributed by atoms with Crippen molar-refractivity contribution >= 4 is 12.2 Å². The number of H-pyrrole nitrogens is 1. The van der Waals surface area contributed by atoms with Gasteiger partial charge in [0.05, 0.1) is 6.04 Å². The second-order valence-electron chi connectivity index (χ2n) is 4.77. The Morgan fingerprint density at radius 2 is 2.00 bits per heavy atom. The molecule has 0 bridgehead atoms. The van der Waals surface area contributed by atoms with Crippen molar-refractivity contribution < 1.29 is 4.39 Å². The van der Waals surface area contributed by atoms with Gasteiger partial charge in [0.1, 0.15) is 5.82 Å². The third-order valence-corrected chi connectivity index (χ3v) is 3.46. The summed E-state index contributed by atoms with van der Waals surface area (Å²) in [5, 5.41) is 0. The van der Waals surface area contributed by atoms with E-state index in [9.17, 15) is 4.39 Å². The number of nitrogens with one attached hydrogen (secondary N) is 1. The van der Waals surface area contributed by atoms with Gasteiger partial charge < -0.3 is 9.55 Å². The zero-order chi connectivity index (χ0) is 13.3. The maximum Gasteiger partial charge on any atom is 0.177 e. The average molecular weight is 264 g/mol. The van der Waals surface area contributed by atoms with E-state index in [2.05, 4.69) is 23.4 Å². The maximum atomic E-state index is 13.3. The highest BCUT2D eigenvalue weighted by atomic mass is 32.1. The predicted octanol–water partition coefficient (Wildman–Crippen LogP) is 4.42. The van der Waals surface area contributed by atoms with Crippen LogP contribution in [0.5, 0.6) is 0 Å². The van der Waals surface area contributed by atoms with Crippen molar-refractivity contribution in [3.8, 4) is 0 Å². The third kappa shape index (κ3) is 2.38. The van der Waals surface area contributed by atoms with Gasteiger partial charge in [0.25, 0.3) is 0 Å². The van der Waals surface area contributed by atoms with Crippen LogP contribution in [-0.4, -0.2) is 9.55 Å². The first-order valence-electron chi connectivity index (χ1n) is 6.06. The van der Waals surface area contributed by atoms with Crippen molar-refractivity contribution in [1.29, 1.82) is 0 Å². The molecule has 0 aliphatic rings. The summed E-state index contributed by atoms with van der Waals surface area (Å²) < 4.78 is 16.0. The Labute approximate surface area is 111 Å². The van der Waals surface area contributed by atoms with Gasteiger partial charge in [-0.2, -0.15) is 0 Å². The number of aromatic amines is 1. The number of halogens is 1. The number of aromatic nitrogens is 2. The van der Waals surface area contributed by atoms with Crippen molar-refractivity contribution in [3.05, 3.63) is 52.3 Å². The summed E-state index contributed by atoms with van der Waals surface area (Å²) in [5.41, 5.74) is 2.06. The molecular weight excluding hydrogens is 247 g/mol. The minimum absolute atomic E-state index is 0.0249. The summed E-state index contributed by atoms with van der Waals surface area (Å²) in [4.78, 5) is 3.07. The monoisotopic (exact) mass is 264 g/mol. The van der Waals surface area contributed by atoms with Crippen LogP contribution in [0.1, 0.15) is 44.0 Å². The first-order valence-corrected chi connectivity index (χ1v) is 6.46. The van der Waals surface area contributed by atoms with Crippen molar-refractivity contribution in [2.24, 2.45) is 0 Å². The van der Waals surface area contributed by atoms with Crippen LogP contribution in [0, 0.1) is 10.6 Å². The number of imidazole rings is 1. The van der Waals surface area contributed by atoms with Gasteiger partial charge >= 0.3 is 0 Å². The smallest absolute Gasteiger partial charge is 0.177 e. The van der Waals surface area contributed by atoms with E-state index < -0.39 is 0 Å². The molecule has 0 amide bonds. The molecule has 1 atom stereocenters. The van der Waals surface area contributed by atoms with Crippen LogP contribution in [0.3, 0.4) is 0 Å². The van der Waals surface area contributed by atoms with Gasteiger partial charge in [-0.25, -0.2) is 4.39 Å². The van der Waals surface area contributed by atoms with Crippen molar-refractivity contribution in [2.75, 3.05) is 0 Å². The Morgan fingerprint density at radius 1 is 1.28 bits per heavy atom. The lowest BCUT2D eigenvalue weighted by Crippen LogP contribution is -2.11. The van der Waals surface area contributed by atoms with Gasteiger partial charge in [0.2, 0.25) is 0 Å². The van der Waals surface area contributed by atoms with Crippen LogP contribution in [0.4, 0.5) is 4.39 Å². The molecule has 1 N–H and O–H groups in total. The first-order chi connectivity index (χ1) is 8.50. The Bertz CT molecular complexity index is 598. The topological polar surface area (TPSA) is 20.7 Å². The molecule has 1 aromatic carbocycles. The fraction of sp³-hybridized carbons (Fsp3) is 0.357. The standard InChI is InChI=1S/C14H17FN2S/c1-9(2)13-8-16-14(18)17(13)10(3)11-5-4-6-12(15)7-11/h4-10H,1-3H3,(H,16,18). The summed E-state index contributed by atoms with van der Waals surface area (Å²) in [6, 6.07) is 6.69. The van der Waals surface area contributed by atoms with Crippen LogP contribution >= 0.6 is 12.2 Å². The summed E-state index contributed by atoms with van der Waals surface area (Å²) in [5.74, 6) is 0.154. The number of hydrogen-bond donors (Lipinski definition) is 1. The van der Waals surface area contributed by atoms with Gasteiger partial charge in [-0.15, -0.1) is 0 Å². The molecule has 0 saturated carbocycles. The average Bonchev–Trinajstić information content (AvgIpc) is 2.70. The Kier molecular flexibility index (Phi) is 3.66. The maximum absolute atomic E-state index is 13.3. The molecule has 0 aliphatic carbocycles. The zero-order valence-corrected chi connectivity index (χ0v) is 11.6. The Balaban J connectivity index is 2.49. The van der Waals surface area contributed by atoms with Gasteiger partial charge in [-0.3, -0.25) is 0 Å². The molecule has 0 aliphatic heterocycles. The van der Waals surface area contributed by atoms with Crippen LogP contribution < -0.4 is 0 Å². The molecule has 0 fully saturated rings. The molecular formula is C14H17FN2S. The van der Waals surface area contributed by atoms with E-state index in [1.807, 2.05) is 19.2 Å². The SMILES string of the molecule is CC(C)c1c[nH]c(=S)n1C(C)c1cccc(F)c1. The van der Waals surface area contributed by atoms with E-state index in [-0.39, 0.29) is 11.9 Å². The molecule has 0 radical (unpaired) electrons. The number of rotatable bonds is 3. The summed E-state index contributed by atoms with van der Waals surface area (Å²) in [6.45, 7) is 6.27.